The van der Waals surface area contributed by atoms with E-state index in [1.54, 1.807) is 12.1 Å². The third-order valence-electron chi connectivity index (χ3n) is 7.26. The summed E-state index contributed by atoms with van der Waals surface area (Å²) in [6.45, 7) is 0.960. The molecule has 8 nitrogen and oxygen atoms in total. The highest BCUT2D eigenvalue weighted by Crippen LogP contribution is 2.27. The number of hydrogen-bond acceptors (Lipinski definition) is 4. The van der Waals surface area contributed by atoms with Crippen LogP contribution in [0.25, 0.3) is 0 Å². The highest BCUT2D eigenvalue weighted by Gasteiger charge is 2.22. The molecule has 0 heterocycles. The Morgan fingerprint density at radius 3 is 1.89 bits per heavy atom. The van der Waals surface area contributed by atoms with Crippen LogP contribution in [0.15, 0.2) is 120 Å². The molecule has 9 heteroatoms. The number of ether oxygens (including phenoxy) is 1. The second-order valence-corrected chi connectivity index (χ2v) is 11.5. The average molecular weight is 672 g/mol. The summed E-state index contributed by atoms with van der Waals surface area (Å²) in [4.78, 5) is 38.3. The summed E-state index contributed by atoms with van der Waals surface area (Å²) in [5.74, 6) is -0.156. The quantitative estimate of drug-likeness (QED) is 0.0990. The summed E-state index contributed by atoms with van der Waals surface area (Å²) < 4.78 is 6.32. The first-order valence-corrected chi connectivity index (χ1v) is 15.9. The summed E-state index contributed by atoms with van der Waals surface area (Å²) >= 11 is 3.38. The summed E-state index contributed by atoms with van der Waals surface area (Å²) in [5.41, 5.74) is 3.89. The zero-order chi connectivity index (χ0) is 31.7. The van der Waals surface area contributed by atoms with Gasteiger partial charge in [0.15, 0.2) is 0 Å². The molecule has 1 unspecified atom stereocenters. The molecule has 0 aromatic heterocycles. The van der Waals surface area contributed by atoms with E-state index in [1.165, 1.54) is 11.1 Å². The maximum absolute atomic E-state index is 13.3. The van der Waals surface area contributed by atoms with E-state index in [4.69, 9.17) is 4.74 Å². The highest BCUT2D eigenvalue weighted by molar-refractivity contribution is 9.10. The summed E-state index contributed by atoms with van der Waals surface area (Å²) in [5, 5.41) is 11.4. The lowest BCUT2D eigenvalue weighted by molar-refractivity contribution is -0.123. The fraction of sp³-hybridized carbons (Fsp3) is 0.250. The van der Waals surface area contributed by atoms with Gasteiger partial charge >= 0.3 is 12.1 Å². The lowest BCUT2D eigenvalue weighted by Gasteiger charge is -2.21. The van der Waals surface area contributed by atoms with E-state index >= 15 is 0 Å². The number of rotatable bonds is 15. The Bertz CT molecular complexity index is 1430. The molecule has 0 aliphatic heterocycles. The first-order chi connectivity index (χ1) is 22.0. The van der Waals surface area contributed by atoms with E-state index in [0.29, 0.717) is 44.5 Å². The number of alkyl carbamates (subject to hydrolysis) is 1. The van der Waals surface area contributed by atoms with Crippen LogP contribution in [0.3, 0.4) is 0 Å². The SMILES string of the molecule is O=C(NCCCCC(NC(=O)OCc1ccccc1)C(=O)NCCC(c1ccccc1)c1ccccc1)Nc1ccc(Br)cc1. The Morgan fingerprint density at radius 2 is 1.27 bits per heavy atom. The Kier molecular flexibility index (Phi) is 13.5. The molecule has 0 aliphatic rings. The topological polar surface area (TPSA) is 109 Å². The Labute approximate surface area is 273 Å². The molecule has 0 spiro atoms. The molecule has 1 atom stereocenters. The van der Waals surface area contributed by atoms with Gasteiger partial charge in [0.05, 0.1) is 0 Å². The fourth-order valence-electron chi connectivity index (χ4n) is 4.92. The van der Waals surface area contributed by atoms with Crippen molar-refractivity contribution in [3.05, 3.63) is 136 Å². The minimum absolute atomic E-state index is 0.105. The maximum atomic E-state index is 13.3. The molecule has 0 aliphatic carbocycles. The Balaban J connectivity index is 1.29. The fourth-order valence-corrected chi connectivity index (χ4v) is 5.18. The van der Waals surface area contributed by atoms with Crippen LogP contribution >= 0.6 is 15.9 Å². The van der Waals surface area contributed by atoms with Crippen molar-refractivity contribution < 1.29 is 19.1 Å². The normalized spacial score (nSPS) is 11.3. The number of carbonyl (C=O) groups excluding carboxylic acids is 3. The van der Waals surface area contributed by atoms with E-state index < -0.39 is 12.1 Å². The first kappa shape index (κ1) is 33.3. The number of carbonyl (C=O) groups is 3. The smallest absolute Gasteiger partial charge is 0.408 e. The van der Waals surface area contributed by atoms with E-state index in [-0.39, 0.29) is 24.5 Å². The van der Waals surface area contributed by atoms with Crippen molar-refractivity contribution in [3.63, 3.8) is 0 Å². The molecular weight excluding hydrogens is 632 g/mol. The van der Waals surface area contributed by atoms with Crippen LogP contribution < -0.4 is 21.3 Å². The van der Waals surface area contributed by atoms with E-state index in [0.717, 1.165) is 10.0 Å². The van der Waals surface area contributed by atoms with Crippen LogP contribution in [0, 0.1) is 0 Å². The number of unbranched alkanes of at least 4 members (excludes halogenated alkanes) is 1. The molecule has 0 bridgehead atoms. The third-order valence-corrected chi connectivity index (χ3v) is 7.79. The molecule has 4 N–H and O–H groups in total. The van der Waals surface area contributed by atoms with Crippen molar-refractivity contribution in [2.75, 3.05) is 18.4 Å². The monoisotopic (exact) mass is 670 g/mol. The number of amides is 4. The van der Waals surface area contributed by atoms with Gasteiger partial charge in [-0.25, -0.2) is 9.59 Å². The van der Waals surface area contributed by atoms with Gasteiger partial charge in [-0.05, 0) is 66.6 Å². The minimum atomic E-state index is -0.781. The van der Waals surface area contributed by atoms with Crippen molar-refractivity contribution in [2.45, 2.75) is 44.2 Å². The van der Waals surface area contributed by atoms with Gasteiger partial charge in [0.25, 0.3) is 0 Å². The van der Waals surface area contributed by atoms with Gasteiger partial charge in [0.2, 0.25) is 5.91 Å². The van der Waals surface area contributed by atoms with E-state index in [2.05, 4.69) is 61.5 Å². The minimum Gasteiger partial charge on any atom is -0.445 e. The van der Waals surface area contributed by atoms with Gasteiger partial charge < -0.3 is 26.0 Å². The van der Waals surface area contributed by atoms with Crippen molar-refractivity contribution in [1.82, 2.24) is 16.0 Å². The summed E-state index contributed by atoms with van der Waals surface area (Å²) in [6, 6.07) is 36.0. The van der Waals surface area contributed by atoms with Gasteiger partial charge in [0, 0.05) is 29.2 Å². The second kappa shape index (κ2) is 18.2. The largest absolute Gasteiger partial charge is 0.445 e. The Hall–Kier alpha value is -4.63. The molecule has 0 radical (unpaired) electrons. The zero-order valence-electron chi connectivity index (χ0n) is 25.1. The zero-order valence-corrected chi connectivity index (χ0v) is 26.7. The predicted octanol–water partition coefficient (Wildman–Crippen LogP) is 7.37. The van der Waals surface area contributed by atoms with Crippen LogP contribution in [-0.2, 0) is 16.1 Å². The molecule has 234 valence electrons. The number of benzene rings is 4. The van der Waals surface area contributed by atoms with Gasteiger partial charge in [-0.3, -0.25) is 4.79 Å². The summed E-state index contributed by atoms with van der Waals surface area (Å²) in [6.07, 6.45) is 1.66. The standard InChI is InChI=1S/C36H39BrN4O4/c37-30-19-21-31(22-20-30)40-35(43)39-24-11-10-18-33(41-36(44)45-26-27-12-4-1-5-13-27)34(42)38-25-23-32(28-14-6-2-7-15-28)29-16-8-3-9-17-29/h1-9,12-17,19-22,32-33H,10-11,18,23-26H2,(H,38,42)(H,41,44)(H2,39,40,43). The first-order valence-electron chi connectivity index (χ1n) is 15.1. The lowest BCUT2D eigenvalue weighted by Crippen LogP contribution is -2.47. The molecule has 4 rings (SSSR count). The van der Waals surface area contributed by atoms with Crippen molar-refractivity contribution in [1.29, 1.82) is 0 Å². The maximum Gasteiger partial charge on any atom is 0.408 e. The molecule has 4 aromatic carbocycles. The van der Waals surface area contributed by atoms with Crippen LogP contribution in [-0.4, -0.2) is 37.2 Å². The number of halogens is 1. The number of urea groups is 1. The molecule has 4 amide bonds. The highest BCUT2D eigenvalue weighted by atomic mass is 79.9. The predicted molar refractivity (Wildman–Crippen MR) is 181 cm³/mol. The van der Waals surface area contributed by atoms with Gasteiger partial charge in [-0.2, -0.15) is 0 Å². The van der Waals surface area contributed by atoms with Crippen molar-refractivity contribution >= 4 is 39.6 Å². The summed E-state index contributed by atoms with van der Waals surface area (Å²) in [7, 11) is 0. The number of hydrogen-bond donors (Lipinski definition) is 4. The second-order valence-electron chi connectivity index (χ2n) is 10.6. The number of anilines is 1. The van der Waals surface area contributed by atoms with Crippen molar-refractivity contribution in [3.8, 4) is 0 Å². The molecular formula is C36H39BrN4O4. The van der Waals surface area contributed by atoms with Crippen LogP contribution in [0.4, 0.5) is 15.3 Å². The molecule has 0 fully saturated rings. The molecule has 0 saturated heterocycles. The van der Waals surface area contributed by atoms with Crippen LogP contribution in [0.1, 0.15) is 48.3 Å². The van der Waals surface area contributed by atoms with Gasteiger partial charge in [0.1, 0.15) is 12.6 Å². The van der Waals surface area contributed by atoms with E-state index in [1.807, 2.05) is 78.9 Å². The number of nitrogens with one attached hydrogen (secondary N) is 4. The molecule has 0 saturated carbocycles. The van der Waals surface area contributed by atoms with Crippen LogP contribution in [0.5, 0.6) is 0 Å². The van der Waals surface area contributed by atoms with Gasteiger partial charge in [-0.15, -0.1) is 0 Å². The van der Waals surface area contributed by atoms with Crippen LogP contribution in [0.2, 0.25) is 0 Å². The van der Waals surface area contributed by atoms with E-state index in [9.17, 15) is 14.4 Å². The molecule has 45 heavy (non-hydrogen) atoms. The Morgan fingerprint density at radius 1 is 0.667 bits per heavy atom. The average Bonchev–Trinajstić information content (AvgIpc) is 3.07. The van der Waals surface area contributed by atoms with Gasteiger partial charge in [-0.1, -0.05) is 107 Å². The lowest BCUT2D eigenvalue weighted by atomic mass is 9.88. The van der Waals surface area contributed by atoms with Crippen molar-refractivity contribution in [2.24, 2.45) is 0 Å². The molecule has 4 aromatic rings. The third kappa shape index (κ3) is 11.8.